The first-order chi connectivity index (χ1) is 8.04. The van der Waals surface area contributed by atoms with E-state index in [0.29, 0.717) is 11.1 Å². The zero-order valence-corrected chi connectivity index (χ0v) is 12.5. The molecule has 98 valence electrons. The summed E-state index contributed by atoms with van der Waals surface area (Å²) < 4.78 is 31.4. The van der Waals surface area contributed by atoms with Crippen LogP contribution < -0.4 is 0 Å². The van der Waals surface area contributed by atoms with Crippen molar-refractivity contribution in [2.45, 2.75) is 4.21 Å². The predicted octanol–water partition coefficient (Wildman–Crippen LogP) is 1.14. The van der Waals surface area contributed by atoms with Gasteiger partial charge in [-0.05, 0) is 27.4 Å². The molecule has 0 aliphatic heterocycles. The van der Waals surface area contributed by atoms with Crippen molar-refractivity contribution in [3.8, 4) is 0 Å². The van der Waals surface area contributed by atoms with Crippen LogP contribution in [0.5, 0.6) is 0 Å². The highest BCUT2D eigenvalue weighted by Gasteiger charge is 2.27. The highest BCUT2D eigenvalue weighted by atomic mass is 79.9. The van der Waals surface area contributed by atoms with Crippen LogP contribution in [0.25, 0.3) is 0 Å². The number of rotatable bonds is 7. The van der Waals surface area contributed by atoms with E-state index in [2.05, 4.69) is 15.9 Å². The second-order valence-electron chi connectivity index (χ2n) is 3.18. The smallest absolute Gasteiger partial charge is 0.253 e. The molecule has 0 radical (unpaired) electrons. The summed E-state index contributed by atoms with van der Waals surface area (Å²) >= 11 is 4.35. The summed E-state index contributed by atoms with van der Waals surface area (Å²) in [5.41, 5.74) is 0. The van der Waals surface area contributed by atoms with Gasteiger partial charge in [0, 0.05) is 24.7 Å². The van der Waals surface area contributed by atoms with Crippen molar-refractivity contribution in [3.63, 3.8) is 0 Å². The van der Waals surface area contributed by atoms with E-state index in [1.807, 2.05) is 0 Å². The number of nitrogens with zero attached hydrogens (tertiary/aromatic N) is 1. The van der Waals surface area contributed by atoms with Crippen LogP contribution in [0.3, 0.4) is 0 Å². The molecule has 8 heteroatoms. The van der Waals surface area contributed by atoms with Gasteiger partial charge >= 0.3 is 0 Å². The molecule has 0 bridgehead atoms. The molecule has 0 fully saturated rings. The second kappa shape index (κ2) is 6.81. The molecule has 0 spiro atoms. The number of halogens is 1. The Morgan fingerprint density at radius 3 is 2.71 bits per heavy atom. The van der Waals surface area contributed by atoms with Crippen molar-refractivity contribution in [2.75, 3.05) is 33.4 Å². The van der Waals surface area contributed by atoms with Crippen LogP contribution in [-0.2, 0) is 14.8 Å². The van der Waals surface area contributed by atoms with E-state index in [9.17, 15) is 8.42 Å². The van der Waals surface area contributed by atoms with Crippen molar-refractivity contribution >= 4 is 37.3 Å². The van der Waals surface area contributed by atoms with Crippen molar-refractivity contribution in [1.29, 1.82) is 0 Å². The Hall–Kier alpha value is 0.01000. The van der Waals surface area contributed by atoms with Gasteiger partial charge in [-0.3, -0.25) is 0 Å². The van der Waals surface area contributed by atoms with Gasteiger partial charge in [0.1, 0.15) is 4.21 Å². The molecule has 0 amide bonds. The molecular weight excluding hydrogens is 330 g/mol. The first-order valence-corrected chi connectivity index (χ1v) is 7.98. The number of hydrogen-bond donors (Lipinski definition) is 1. The number of hydrogen-bond acceptors (Lipinski definition) is 5. The van der Waals surface area contributed by atoms with E-state index in [1.54, 1.807) is 11.4 Å². The molecule has 0 aromatic carbocycles. The monoisotopic (exact) mass is 343 g/mol. The van der Waals surface area contributed by atoms with E-state index in [1.165, 1.54) is 11.4 Å². The van der Waals surface area contributed by atoms with Gasteiger partial charge in [0.2, 0.25) is 0 Å². The molecule has 0 saturated carbocycles. The molecular formula is C9H14BrNO4S2. The number of ether oxygens (including phenoxy) is 1. The summed E-state index contributed by atoms with van der Waals surface area (Å²) in [4.78, 5) is 0. The standard InChI is InChI=1S/C9H14BrNO4S2/c1-15-6-4-11(3-5-12)17(13,14)9-8(10)2-7-16-9/h2,7,12H,3-6H2,1H3. The van der Waals surface area contributed by atoms with Crippen LogP contribution in [-0.4, -0.2) is 51.2 Å². The van der Waals surface area contributed by atoms with E-state index < -0.39 is 10.0 Å². The van der Waals surface area contributed by atoms with Crippen molar-refractivity contribution in [1.82, 2.24) is 4.31 Å². The molecule has 1 N–H and O–H groups in total. The zero-order chi connectivity index (χ0) is 12.9. The minimum Gasteiger partial charge on any atom is -0.395 e. The van der Waals surface area contributed by atoms with Crippen molar-refractivity contribution < 1.29 is 18.3 Å². The summed E-state index contributed by atoms with van der Waals surface area (Å²) in [7, 11) is -2.05. The minimum absolute atomic E-state index is 0.0655. The molecule has 0 aliphatic rings. The fourth-order valence-corrected chi connectivity index (χ4v) is 5.10. The van der Waals surface area contributed by atoms with E-state index in [-0.39, 0.29) is 23.9 Å². The Morgan fingerprint density at radius 2 is 2.24 bits per heavy atom. The number of thiophene rings is 1. The van der Waals surface area contributed by atoms with Gasteiger partial charge in [-0.15, -0.1) is 11.3 Å². The van der Waals surface area contributed by atoms with Crippen LogP contribution in [0.2, 0.25) is 0 Å². The molecule has 1 heterocycles. The van der Waals surface area contributed by atoms with Crippen LogP contribution in [0.1, 0.15) is 0 Å². The quantitative estimate of drug-likeness (QED) is 0.806. The number of aliphatic hydroxyl groups excluding tert-OH is 1. The average Bonchev–Trinajstić information content (AvgIpc) is 2.71. The van der Waals surface area contributed by atoms with Crippen molar-refractivity contribution in [3.05, 3.63) is 15.9 Å². The lowest BCUT2D eigenvalue weighted by Gasteiger charge is -2.20. The summed E-state index contributed by atoms with van der Waals surface area (Å²) in [6.45, 7) is 0.369. The van der Waals surface area contributed by atoms with E-state index in [0.717, 1.165) is 11.3 Å². The first kappa shape index (κ1) is 15.1. The Kier molecular flexibility index (Phi) is 6.04. The fraction of sp³-hybridized carbons (Fsp3) is 0.556. The van der Waals surface area contributed by atoms with Gasteiger partial charge in [0.15, 0.2) is 0 Å². The summed E-state index contributed by atoms with van der Waals surface area (Å²) in [5.74, 6) is 0. The van der Waals surface area contributed by atoms with Crippen molar-refractivity contribution in [2.24, 2.45) is 0 Å². The third-order valence-corrected chi connectivity index (χ3v) is 6.60. The Balaban J connectivity index is 2.96. The normalized spacial score (nSPS) is 12.2. The number of methoxy groups -OCH3 is 1. The van der Waals surface area contributed by atoms with Gasteiger partial charge in [0.25, 0.3) is 10.0 Å². The summed E-state index contributed by atoms with van der Waals surface area (Å²) in [6, 6.07) is 1.69. The molecule has 1 aromatic rings. The largest absolute Gasteiger partial charge is 0.395 e. The molecule has 1 aromatic heterocycles. The predicted molar refractivity (Wildman–Crippen MR) is 69.7 cm³/mol. The first-order valence-electron chi connectivity index (χ1n) is 4.87. The van der Waals surface area contributed by atoms with Gasteiger partial charge < -0.3 is 9.84 Å². The second-order valence-corrected chi connectivity index (χ2v) is 7.08. The third kappa shape index (κ3) is 3.73. The topological polar surface area (TPSA) is 66.8 Å². The Bertz CT molecular complexity index is 446. The van der Waals surface area contributed by atoms with Gasteiger partial charge in [-0.2, -0.15) is 4.31 Å². The summed E-state index contributed by atoms with van der Waals surface area (Å²) in [6.07, 6.45) is 0. The van der Waals surface area contributed by atoms with Crippen LogP contribution in [0.15, 0.2) is 20.1 Å². The Labute approximate surface area is 113 Å². The SMILES string of the molecule is COCCN(CCO)S(=O)(=O)c1sccc1Br. The van der Waals surface area contributed by atoms with E-state index >= 15 is 0 Å². The fourth-order valence-electron chi connectivity index (χ4n) is 1.24. The third-order valence-electron chi connectivity index (χ3n) is 2.05. The molecule has 0 atom stereocenters. The molecule has 1 rings (SSSR count). The highest BCUT2D eigenvalue weighted by molar-refractivity contribution is 9.10. The lowest BCUT2D eigenvalue weighted by atomic mass is 10.6. The molecule has 0 aliphatic carbocycles. The molecule has 17 heavy (non-hydrogen) atoms. The number of sulfonamides is 1. The highest BCUT2D eigenvalue weighted by Crippen LogP contribution is 2.30. The van der Waals surface area contributed by atoms with Gasteiger partial charge in [-0.1, -0.05) is 0 Å². The lowest BCUT2D eigenvalue weighted by molar-refractivity contribution is 0.168. The zero-order valence-electron chi connectivity index (χ0n) is 9.30. The van der Waals surface area contributed by atoms with Crippen LogP contribution >= 0.6 is 27.3 Å². The molecule has 0 unspecified atom stereocenters. The Morgan fingerprint density at radius 1 is 1.53 bits per heavy atom. The lowest BCUT2D eigenvalue weighted by Crippen LogP contribution is -2.35. The van der Waals surface area contributed by atoms with Crippen LogP contribution in [0, 0.1) is 0 Å². The van der Waals surface area contributed by atoms with Gasteiger partial charge in [-0.25, -0.2) is 8.42 Å². The maximum absolute atomic E-state index is 12.2. The molecule has 0 saturated heterocycles. The average molecular weight is 344 g/mol. The summed E-state index contributed by atoms with van der Waals surface area (Å²) in [5, 5.41) is 10.6. The van der Waals surface area contributed by atoms with Crippen LogP contribution in [0.4, 0.5) is 0 Å². The van der Waals surface area contributed by atoms with E-state index in [4.69, 9.17) is 9.84 Å². The number of aliphatic hydroxyl groups is 1. The maximum Gasteiger partial charge on any atom is 0.253 e. The maximum atomic E-state index is 12.2. The minimum atomic E-state index is -3.56. The molecule has 5 nitrogen and oxygen atoms in total. The van der Waals surface area contributed by atoms with Gasteiger partial charge in [0.05, 0.1) is 13.2 Å².